The van der Waals surface area contributed by atoms with Gasteiger partial charge in [-0.2, -0.15) is 0 Å². The Morgan fingerprint density at radius 1 is 0.354 bits per heavy atom. The van der Waals surface area contributed by atoms with Crippen LogP contribution in [0.1, 0.15) is 105 Å². The highest BCUT2D eigenvalue weighted by molar-refractivity contribution is 7.49. The van der Waals surface area contributed by atoms with E-state index in [1.54, 1.807) is 0 Å². The van der Waals surface area contributed by atoms with Gasteiger partial charge in [0.05, 0.1) is 15.2 Å². The number of benzene rings is 4. The molecule has 0 bridgehead atoms. The van der Waals surface area contributed by atoms with E-state index in [-0.39, 0.29) is 33.2 Å². The van der Waals surface area contributed by atoms with E-state index in [1.165, 1.54) is 10.4 Å². The Labute approximate surface area is 294 Å². The molecule has 0 spiro atoms. The summed E-state index contributed by atoms with van der Waals surface area (Å²) >= 11 is 0. The standard InChI is InChI=1S/C44H60O2Si2/c1-41(2,3)35-25-31(26-36(39(35)45)42(4,5)6)29-17-21-33(22-18-29)47(13,14)48(15,16)34-23-19-30(20-24-34)32-27-37(43(7,8)9)40(46)38(28-32)44(10,11)12/h17-28H,1-16H3. The Bertz CT molecular complexity index is 1580. The summed E-state index contributed by atoms with van der Waals surface area (Å²) in [7, 11) is -3.77. The van der Waals surface area contributed by atoms with Crippen LogP contribution in [0.4, 0.5) is 0 Å². The maximum absolute atomic E-state index is 13.5. The van der Waals surface area contributed by atoms with Crippen LogP contribution in [-0.4, -0.2) is 15.2 Å². The molecule has 0 heterocycles. The fourth-order valence-electron chi connectivity index (χ4n) is 6.70. The third-order valence-corrected chi connectivity index (χ3v) is 28.6. The molecule has 2 nitrogen and oxygen atoms in total. The average Bonchev–Trinajstić information content (AvgIpc) is 2.95. The van der Waals surface area contributed by atoms with E-state index in [1.807, 2.05) is 0 Å². The molecule has 2 radical (unpaired) electrons. The molecule has 0 amide bonds. The highest BCUT2D eigenvalue weighted by Crippen LogP contribution is 2.44. The van der Waals surface area contributed by atoms with Gasteiger partial charge in [-0.15, -0.1) is 0 Å². The predicted molar refractivity (Wildman–Crippen MR) is 213 cm³/mol. The molecule has 0 aliphatic rings. The number of rotatable bonds is 5. The van der Waals surface area contributed by atoms with Gasteiger partial charge >= 0.3 is 0 Å². The van der Waals surface area contributed by atoms with Crippen LogP contribution in [-0.2, 0) is 31.9 Å². The summed E-state index contributed by atoms with van der Waals surface area (Å²) in [6, 6.07) is 27.0. The molecule has 4 aromatic carbocycles. The molecule has 0 atom stereocenters. The van der Waals surface area contributed by atoms with Gasteiger partial charge in [0.1, 0.15) is 0 Å². The molecule has 0 unspecified atom stereocenters. The third kappa shape index (κ3) is 7.26. The highest BCUT2D eigenvalue weighted by atomic mass is 29.3. The molecule has 4 rings (SSSR count). The van der Waals surface area contributed by atoms with Gasteiger partial charge in [-0.25, -0.2) is 0 Å². The van der Waals surface area contributed by atoms with E-state index in [4.69, 9.17) is 0 Å². The molecule has 256 valence electrons. The lowest BCUT2D eigenvalue weighted by molar-refractivity contribution is 0.326. The molecule has 48 heavy (non-hydrogen) atoms. The first kappa shape index (κ1) is 37.7. The molecular formula is C44H60O2Si2. The zero-order valence-corrected chi connectivity index (χ0v) is 34.7. The monoisotopic (exact) mass is 676 g/mol. The summed E-state index contributed by atoms with van der Waals surface area (Å²) < 4.78 is 0. The second-order valence-electron chi connectivity index (χ2n) is 19.2. The molecule has 0 N–H and O–H groups in total. The first-order chi connectivity index (χ1) is 21.7. The molecule has 0 aliphatic heterocycles. The van der Waals surface area contributed by atoms with E-state index in [9.17, 15) is 10.2 Å². The topological polar surface area (TPSA) is 39.8 Å². The van der Waals surface area contributed by atoms with E-state index < -0.39 is 15.2 Å². The van der Waals surface area contributed by atoms with Crippen LogP contribution in [0.2, 0.25) is 26.2 Å². The Morgan fingerprint density at radius 3 is 0.750 bits per heavy atom. The first-order valence-corrected chi connectivity index (χ1v) is 24.6. The van der Waals surface area contributed by atoms with Crippen molar-refractivity contribution in [2.45, 2.75) is 131 Å². The number of hydrogen-bond acceptors (Lipinski definition) is 0. The van der Waals surface area contributed by atoms with Crippen LogP contribution in [0, 0.1) is 0 Å². The maximum atomic E-state index is 13.5. The minimum Gasteiger partial charge on any atom is -0.289 e. The van der Waals surface area contributed by atoms with Crippen LogP contribution in [0.25, 0.3) is 22.3 Å². The molecule has 0 aromatic heterocycles. The Kier molecular flexibility index (Phi) is 9.71. The van der Waals surface area contributed by atoms with Gasteiger partial charge in [0.15, 0.2) is 11.5 Å². The van der Waals surface area contributed by atoms with Crippen LogP contribution >= 0.6 is 0 Å². The van der Waals surface area contributed by atoms with Crippen molar-refractivity contribution in [3.63, 3.8) is 0 Å². The Hall–Kier alpha value is -3.09. The summed E-state index contributed by atoms with van der Waals surface area (Å²) in [5, 5.41) is 29.9. The van der Waals surface area contributed by atoms with Crippen LogP contribution in [0.3, 0.4) is 0 Å². The fourth-order valence-corrected chi connectivity index (χ4v) is 15.5. The second kappa shape index (κ2) is 12.4. The van der Waals surface area contributed by atoms with Gasteiger partial charge in [-0.3, -0.25) is 10.2 Å². The first-order valence-electron chi connectivity index (χ1n) is 17.6. The largest absolute Gasteiger partial charge is 0.289 e. The van der Waals surface area contributed by atoms with Gasteiger partial charge in [-0.1, -0.05) is 168 Å². The van der Waals surface area contributed by atoms with Gasteiger partial charge in [0, 0.05) is 22.3 Å². The van der Waals surface area contributed by atoms with E-state index in [0.717, 1.165) is 44.5 Å². The van der Waals surface area contributed by atoms with Crippen molar-refractivity contribution in [3.8, 4) is 33.8 Å². The van der Waals surface area contributed by atoms with Crippen LogP contribution in [0.15, 0.2) is 72.8 Å². The molecule has 0 aliphatic carbocycles. The molecule has 4 heteroatoms. The Morgan fingerprint density at radius 2 is 0.562 bits per heavy atom. The zero-order chi connectivity index (χ0) is 36.4. The Balaban J connectivity index is 1.71. The summed E-state index contributed by atoms with van der Waals surface area (Å²) in [6.45, 7) is 35.7. The lowest BCUT2D eigenvalue weighted by Gasteiger charge is -2.39. The molecule has 0 saturated carbocycles. The summed E-state index contributed by atoms with van der Waals surface area (Å²) in [4.78, 5) is 0. The van der Waals surface area contributed by atoms with Gasteiger partial charge in [0.25, 0.3) is 0 Å². The van der Waals surface area contributed by atoms with E-state index in [0.29, 0.717) is 0 Å². The second-order valence-corrected chi connectivity index (χ2v) is 34.4. The SMILES string of the molecule is CC(C)(C)c1cc(-c2ccc([Si](C)(C)[Si](C)(C)c3ccc(-c4cc(C(C)(C)C)c([O])c(C(C)(C)C)c4)cc3)cc2)cc(C(C)(C)C)c1[O]. The van der Waals surface area contributed by atoms with Gasteiger partial charge in [-0.05, 0) is 68.2 Å². The van der Waals surface area contributed by atoms with Crippen molar-refractivity contribution in [2.75, 3.05) is 0 Å². The quantitative estimate of drug-likeness (QED) is 0.189. The average molecular weight is 677 g/mol. The predicted octanol–water partition coefficient (Wildman–Crippen LogP) is 12.1. The maximum Gasteiger partial charge on any atom is 0.186 e. The lowest BCUT2D eigenvalue weighted by Crippen LogP contribution is -2.69. The van der Waals surface area contributed by atoms with Crippen molar-refractivity contribution in [2.24, 2.45) is 0 Å². The van der Waals surface area contributed by atoms with Crippen molar-refractivity contribution in [3.05, 3.63) is 95.1 Å². The van der Waals surface area contributed by atoms with Crippen molar-refractivity contribution in [1.82, 2.24) is 0 Å². The third-order valence-electron chi connectivity index (χ3n) is 10.9. The van der Waals surface area contributed by atoms with Gasteiger partial charge < -0.3 is 0 Å². The number of hydrogen-bond donors (Lipinski definition) is 0. The fraction of sp³-hybridized carbons (Fsp3) is 0.455. The highest BCUT2D eigenvalue weighted by Gasteiger charge is 2.43. The molecule has 0 fully saturated rings. The normalized spacial score (nSPS) is 13.6. The van der Waals surface area contributed by atoms with Crippen LogP contribution in [0.5, 0.6) is 11.5 Å². The molecule has 0 saturated heterocycles. The van der Waals surface area contributed by atoms with Crippen LogP contribution < -0.4 is 10.4 Å². The lowest BCUT2D eigenvalue weighted by atomic mass is 9.78. The zero-order valence-electron chi connectivity index (χ0n) is 32.7. The summed E-state index contributed by atoms with van der Waals surface area (Å²) in [5.74, 6) is 0.351. The smallest absolute Gasteiger partial charge is 0.186 e. The van der Waals surface area contributed by atoms with Gasteiger partial charge in [0.2, 0.25) is 0 Å². The molecule has 4 aromatic rings. The summed E-state index contributed by atoms with van der Waals surface area (Å²) in [6.07, 6.45) is 0. The van der Waals surface area contributed by atoms with Crippen molar-refractivity contribution >= 4 is 25.6 Å². The van der Waals surface area contributed by atoms with Crippen molar-refractivity contribution in [1.29, 1.82) is 0 Å². The van der Waals surface area contributed by atoms with E-state index in [2.05, 4.69) is 182 Å². The molecular weight excluding hydrogens is 617 g/mol. The van der Waals surface area contributed by atoms with Crippen molar-refractivity contribution < 1.29 is 10.2 Å². The summed E-state index contributed by atoms with van der Waals surface area (Å²) in [5.41, 5.74) is 7.20. The minimum atomic E-state index is -1.89. The minimum absolute atomic E-state index is 0.175. The van der Waals surface area contributed by atoms with E-state index >= 15 is 0 Å².